The largest absolute Gasteiger partial charge is 0.507 e. The Balaban J connectivity index is 0.00000164. The molecule has 0 saturated heterocycles. The van der Waals surface area contributed by atoms with Gasteiger partial charge in [0, 0.05) is 12.7 Å². The monoisotopic (exact) mass is 488 g/mol. The Hall–Kier alpha value is -3.59. The molecule has 184 valence electrons. The second-order valence-electron chi connectivity index (χ2n) is 6.32. The van der Waals surface area contributed by atoms with Crippen LogP contribution in [0.4, 0.5) is 0 Å². The maximum atomic E-state index is 12.5. The molecule has 0 aliphatic rings. The number of hydrogen-bond donors (Lipinski definition) is 3. The smallest absolute Gasteiger partial charge is 0.347 e. The number of rotatable bonds is 7. The van der Waals surface area contributed by atoms with E-state index in [0.29, 0.717) is 0 Å². The number of nitrogens with one attached hydrogen (secondary N) is 1. The lowest BCUT2D eigenvalue weighted by molar-refractivity contribution is -0.125. The number of aromatic hydroxyl groups is 1. The summed E-state index contributed by atoms with van der Waals surface area (Å²) in [5.74, 6) is -2.36. The van der Waals surface area contributed by atoms with Gasteiger partial charge in [-0.25, -0.2) is 4.79 Å². The molecule has 1 unspecified atom stereocenters. The van der Waals surface area contributed by atoms with E-state index in [2.05, 4.69) is 5.32 Å². The van der Waals surface area contributed by atoms with Crippen molar-refractivity contribution in [2.75, 3.05) is 5.75 Å². The van der Waals surface area contributed by atoms with Crippen LogP contribution in [0.5, 0.6) is 11.5 Å². The maximum Gasteiger partial charge on any atom is 0.347 e. The van der Waals surface area contributed by atoms with Crippen molar-refractivity contribution in [2.24, 2.45) is 5.73 Å². The van der Waals surface area contributed by atoms with Crippen molar-refractivity contribution >= 4 is 34.7 Å². The number of esters is 1. The predicted molar refractivity (Wildman–Crippen MR) is 135 cm³/mol. The number of nitrogens with two attached hydrogens (primary N) is 1. The summed E-state index contributed by atoms with van der Waals surface area (Å²) in [6.45, 7) is 9.23. The van der Waals surface area contributed by atoms with Gasteiger partial charge in [-0.15, -0.1) is 0 Å². The second-order valence-corrected chi connectivity index (χ2v) is 7.32. The van der Waals surface area contributed by atoms with E-state index in [1.807, 2.05) is 39.8 Å². The highest BCUT2D eigenvalue weighted by molar-refractivity contribution is 8.14. The topological polar surface area (TPSA) is 136 Å². The molecule has 2 rings (SSSR count). The number of amides is 2. The zero-order valence-electron chi connectivity index (χ0n) is 20.0. The van der Waals surface area contributed by atoms with Crippen molar-refractivity contribution in [3.05, 3.63) is 71.8 Å². The number of phenols is 1. The summed E-state index contributed by atoms with van der Waals surface area (Å²) in [4.78, 5) is 47.3. The minimum absolute atomic E-state index is 0.00315. The molecule has 0 saturated carbocycles. The van der Waals surface area contributed by atoms with Crippen LogP contribution in [0.3, 0.4) is 0 Å². The van der Waals surface area contributed by atoms with Gasteiger partial charge in [0.25, 0.3) is 0 Å². The van der Waals surface area contributed by atoms with E-state index in [-0.39, 0.29) is 28.4 Å². The van der Waals surface area contributed by atoms with Crippen LogP contribution >= 0.6 is 11.8 Å². The third-order valence-electron chi connectivity index (χ3n) is 3.87. The van der Waals surface area contributed by atoms with Crippen molar-refractivity contribution in [3.8, 4) is 11.5 Å². The van der Waals surface area contributed by atoms with E-state index in [0.717, 1.165) is 11.8 Å². The van der Waals surface area contributed by atoms with Crippen LogP contribution in [0.1, 0.15) is 55.3 Å². The van der Waals surface area contributed by atoms with Crippen molar-refractivity contribution < 1.29 is 29.0 Å². The highest BCUT2D eigenvalue weighted by Crippen LogP contribution is 2.26. The number of allylic oxidation sites excluding steroid dienone is 2. The molecule has 9 heteroatoms. The number of carbonyl (C=O) groups is 4. The number of hydrogen-bond acceptors (Lipinski definition) is 7. The van der Waals surface area contributed by atoms with Gasteiger partial charge in [0.1, 0.15) is 23.1 Å². The summed E-state index contributed by atoms with van der Waals surface area (Å²) in [5.41, 5.74) is 5.27. The Morgan fingerprint density at radius 1 is 1.00 bits per heavy atom. The predicted octanol–water partition coefficient (Wildman–Crippen LogP) is 4.08. The molecule has 0 heterocycles. The van der Waals surface area contributed by atoms with E-state index in [4.69, 9.17) is 10.5 Å². The molecule has 8 nitrogen and oxygen atoms in total. The fraction of sp³-hybridized carbons (Fsp3) is 0.280. The van der Waals surface area contributed by atoms with E-state index in [1.54, 1.807) is 24.3 Å². The summed E-state index contributed by atoms with van der Waals surface area (Å²) in [7, 11) is 0. The number of primary amides is 1. The first-order chi connectivity index (χ1) is 16.2. The third-order valence-corrected chi connectivity index (χ3v) is 4.85. The molecule has 0 aromatic heterocycles. The van der Waals surface area contributed by atoms with Gasteiger partial charge in [-0.05, 0) is 38.1 Å². The van der Waals surface area contributed by atoms with Crippen LogP contribution < -0.4 is 15.8 Å². The van der Waals surface area contributed by atoms with Crippen LogP contribution in [0.2, 0.25) is 0 Å². The first kappa shape index (κ1) is 30.4. The van der Waals surface area contributed by atoms with Gasteiger partial charge in [-0.1, -0.05) is 62.0 Å². The molecule has 0 bridgehead atoms. The summed E-state index contributed by atoms with van der Waals surface area (Å²) in [5, 5.41) is 11.6. The number of benzene rings is 2. The third kappa shape index (κ3) is 10.8. The quantitative estimate of drug-likeness (QED) is 0.303. The van der Waals surface area contributed by atoms with Crippen molar-refractivity contribution in [2.45, 2.75) is 40.7 Å². The number of carbonyl (C=O) groups excluding carboxylic acids is 4. The van der Waals surface area contributed by atoms with Crippen LogP contribution in [0.15, 0.2) is 60.7 Å². The van der Waals surface area contributed by atoms with Crippen molar-refractivity contribution in [1.82, 2.24) is 5.32 Å². The second kappa shape index (κ2) is 17.0. The van der Waals surface area contributed by atoms with E-state index < -0.39 is 28.9 Å². The molecule has 2 amide bonds. The fourth-order valence-corrected chi connectivity index (χ4v) is 3.09. The molecule has 1 atom stereocenters. The first-order valence-electron chi connectivity index (χ1n) is 10.6. The first-order valence-corrected chi connectivity index (χ1v) is 11.6. The van der Waals surface area contributed by atoms with Gasteiger partial charge in [0.05, 0.1) is 5.56 Å². The summed E-state index contributed by atoms with van der Waals surface area (Å²) in [6, 6.07) is 10.9. The van der Waals surface area contributed by atoms with Gasteiger partial charge in [0.15, 0.2) is 0 Å². The lowest BCUT2D eigenvalue weighted by Gasteiger charge is -2.14. The Morgan fingerprint density at radius 2 is 1.53 bits per heavy atom. The van der Waals surface area contributed by atoms with Gasteiger partial charge in [-0.3, -0.25) is 14.4 Å². The molecule has 0 aliphatic carbocycles. The standard InChI is InChI=1S/C19H18N2O6S.C4H8.C2H6/c1-11(22)21-14(17(20)24)10-28-19(26)13-7-3-5-9-16(13)27-18(25)12-6-2-4-8-15(12)23;1-3-4-2;1-2/h2-9,14,23H,10H2,1H3,(H2,20,24)(H,21,22);3-4H,1-2H3;1-2H3/b;4-3-;. The minimum atomic E-state index is -1.01. The molecule has 0 radical (unpaired) electrons. The van der Waals surface area contributed by atoms with Crippen LogP contribution in [-0.2, 0) is 9.59 Å². The molecule has 4 N–H and O–H groups in total. The lowest BCUT2D eigenvalue weighted by atomic mass is 10.2. The highest BCUT2D eigenvalue weighted by atomic mass is 32.2. The molecular weight excluding hydrogens is 456 g/mol. The Bertz CT molecular complexity index is 987. The Labute approximate surface area is 204 Å². The number of para-hydroxylation sites is 2. The SMILES string of the molecule is C/C=C\C.CC.CC(=O)NC(CSC(=O)c1ccccc1OC(=O)c1ccccc1O)C(N)=O. The lowest BCUT2D eigenvalue weighted by Crippen LogP contribution is -2.45. The number of ether oxygens (including phenoxy) is 1. The normalized spacial score (nSPS) is 10.6. The summed E-state index contributed by atoms with van der Waals surface area (Å²) < 4.78 is 5.26. The van der Waals surface area contributed by atoms with Gasteiger partial charge in [-0.2, -0.15) is 0 Å². The van der Waals surface area contributed by atoms with Crippen LogP contribution in [0, 0.1) is 0 Å². The summed E-state index contributed by atoms with van der Waals surface area (Å²) >= 11 is 0.753. The molecule has 0 aliphatic heterocycles. The number of phenolic OH excluding ortho intramolecular Hbond substituents is 1. The molecule has 0 fully saturated rings. The zero-order chi connectivity index (χ0) is 26.1. The van der Waals surface area contributed by atoms with E-state index >= 15 is 0 Å². The number of thioether (sulfide) groups is 1. The molecular formula is C25H32N2O6S. The van der Waals surface area contributed by atoms with Crippen LogP contribution in [-0.4, -0.2) is 39.8 Å². The molecule has 2 aromatic rings. The van der Waals surface area contributed by atoms with Crippen molar-refractivity contribution in [3.63, 3.8) is 0 Å². The van der Waals surface area contributed by atoms with Gasteiger partial charge < -0.3 is 20.9 Å². The van der Waals surface area contributed by atoms with Gasteiger partial charge >= 0.3 is 5.97 Å². The van der Waals surface area contributed by atoms with Crippen LogP contribution in [0.25, 0.3) is 0 Å². The maximum absolute atomic E-state index is 12.5. The molecule has 34 heavy (non-hydrogen) atoms. The minimum Gasteiger partial charge on any atom is -0.507 e. The fourth-order valence-electron chi connectivity index (χ4n) is 2.20. The Morgan fingerprint density at radius 3 is 2.03 bits per heavy atom. The molecule has 2 aromatic carbocycles. The van der Waals surface area contributed by atoms with E-state index in [1.165, 1.54) is 31.2 Å². The van der Waals surface area contributed by atoms with Crippen molar-refractivity contribution in [1.29, 1.82) is 0 Å². The Kier molecular flexibility index (Phi) is 15.2. The molecule has 0 spiro atoms. The highest BCUT2D eigenvalue weighted by Gasteiger charge is 2.22. The van der Waals surface area contributed by atoms with Gasteiger partial charge in [0.2, 0.25) is 16.9 Å². The zero-order valence-corrected chi connectivity index (χ0v) is 20.8. The van der Waals surface area contributed by atoms with E-state index in [9.17, 15) is 24.3 Å². The average molecular weight is 489 g/mol. The average Bonchev–Trinajstić information content (AvgIpc) is 2.83. The summed E-state index contributed by atoms with van der Waals surface area (Å²) in [6.07, 6.45) is 4.00.